The number of esters is 1. The molecule has 4 heteroatoms. The van der Waals surface area contributed by atoms with Gasteiger partial charge in [-0.2, -0.15) is 5.26 Å². The Hall–Kier alpha value is -2.28. The summed E-state index contributed by atoms with van der Waals surface area (Å²) in [6, 6.07) is 9.46. The Balaban J connectivity index is 3.18. The van der Waals surface area contributed by atoms with Crippen molar-refractivity contribution in [1.29, 1.82) is 5.26 Å². The summed E-state index contributed by atoms with van der Waals surface area (Å²) in [5.74, 6) is -0.498. The van der Waals surface area contributed by atoms with Crippen LogP contribution in [-0.2, 0) is 9.53 Å². The maximum absolute atomic E-state index is 11.4. The lowest BCUT2D eigenvalue weighted by atomic mass is 10.0. The summed E-state index contributed by atoms with van der Waals surface area (Å²) < 4.78 is 4.82. The molecule has 0 amide bonds. The normalized spacial score (nSPS) is 10.7. The average molecular weight is 244 g/mol. The second-order valence-corrected chi connectivity index (χ2v) is 3.83. The van der Waals surface area contributed by atoms with E-state index < -0.39 is 5.97 Å². The first kappa shape index (κ1) is 13.8. The third-order valence-electron chi connectivity index (χ3n) is 2.35. The van der Waals surface area contributed by atoms with Crippen molar-refractivity contribution < 1.29 is 9.53 Å². The van der Waals surface area contributed by atoms with Crippen LogP contribution in [0.2, 0.25) is 0 Å². The molecular formula is C14H16N2O2. The molecular weight excluding hydrogens is 228 g/mol. The van der Waals surface area contributed by atoms with E-state index in [0.29, 0.717) is 12.2 Å². The molecule has 1 aromatic rings. The summed E-state index contributed by atoms with van der Waals surface area (Å²) in [7, 11) is 3.77. The van der Waals surface area contributed by atoms with Crippen molar-refractivity contribution in [3.8, 4) is 6.07 Å². The van der Waals surface area contributed by atoms with Crippen LogP contribution in [0, 0.1) is 11.3 Å². The maximum atomic E-state index is 11.4. The Morgan fingerprint density at radius 1 is 1.44 bits per heavy atom. The number of allylic oxidation sites excluding steroid dienone is 1. The van der Waals surface area contributed by atoms with Crippen LogP contribution in [0.5, 0.6) is 0 Å². The van der Waals surface area contributed by atoms with E-state index in [2.05, 4.69) is 0 Å². The third kappa shape index (κ3) is 3.36. The first-order chi connectivity index (χ1) is 8.60. The Morgan fingerprint density at radius 2 is 2.11 bits per heavy atom. The molecule has 0 aromatic heterocycles. The van der Waals surface area contributed by atoms with Gasteiger partial charge in [-0.1, -0.05) is 18.2 Å². The van der Waals surface area contributed by atoms with Crippen LogP contribution in [0.25, 0.3) is 5.57 Å². The summed E-state index contributed by atoms with van der Waals surface area (Å²) >= 11 is 0. The van der Waals surface area contributed by atoms with Gasteiger partial charge in [0.05, 0.1) is 12.2 Å². The van der Waals surface area contributed by atoms with Gasteiger partial charge in [0.25, 0.3) is 0 Å². The number of para-hydroxylation sites is 1. The molecule has 0 aliphatic heterocycles. The number of hydrogen-bond acceptors (Lipinski definition) is 4. The molecule has 0 aliphatic carbocycles. The van der Waals surface area contributed by atoms with E-state index in [-0.39, 0.29) is 0 Å². The topological polar surface area (TPSA) is 53.3 Å². The summed E-state index contributed by atoms with van der Waals surface area (Å²) in [5.41, 5.74) is 1.91. The number of rotatable bonds is 4. The summed E-state index contributed by atoms with van der Waals surface area (Å²) in [6.07, 6.45) is 1.23. The van der Waals surface area contributed by atoms with Gasteiger partial charge in [0, 0.05) is 31.4 Å². The van der Waals surface area contributed by atoms with Gasteiger partial charge in [0.1, 0.15) is 6.07 Å². The maximum Gasteiger partial charge on any atom is 0.332 e. The highest BCUT2D eigenvalue weighted by Gasteiger charge is 2.10. The predicted molar refractivity (Wildman–Crippen MR) is 71.0 cm³/mol. The van der Waals surface area contributed by atoms with Gasteiger partial charge in [-0.05, 0) is 13.0 Å². The second kappa shape index (κ2) is 6.45. The fourth-order valence-electron chi connectivity index (χ4n) is 1.56. The second-order valence-electron chi connectivity index (χ2n) is 3.83. The fourth-order valence-corrected chi connectivity index (χ4v) is 1.56. The number of benzene rings is 1. The van der Waals surface area contributed by atoms with E-state index in [1.54, 1.807) is 6.92 Å². The van der Waals surface area contributed by atoms with Crippen molar-refractivity contribution in [2.45, 2.75) is 6.92 Å². The van der Waals surface area contributed by atoms with Gasteiger partial charge in [-0.3, -0.25) is 0 Å². The lowest BCUT2D eigenvalue weighted by Crippen LogP contribution is -2.11. The van der Waals surface area contributed by atoms with Crippen LogP contribution < -0.4 is 4.90 Å². The number of ether oxygens (including phenoxy) is 1. The lowest BCUT2D eigenvalue weighted by Gasteiger charge is -2.16. The van der Waals surface area contributed by atoms with Gasteiger partial charge in [0.2, 0.25) is 0 Å². The average Bonchev–Trinajstić information content (AvgIpc) is 2.36. The highest BCUT2D eigenvalue weighted by atomic mass is 16.5. The Kier molecular flexibility index (Phi) is 4.94. The minimum absolute atomic E-state index is 0.295. The largest absolute Gasteiger partial charge is 0.463 e. The van der Waals surface area contributed by atoms with Gasteiger partial charge < -0.3 is 9.64 Å². The summed E-state index contributed by atoms with van der Waals surface area (Å²) in [6.45, 7) is 2.02. The SMILES string of the molecule is CCOC(=O)C=C(C#N)c1ccccc1N(C)C. The Morgan fingerprint density at radius 3 is 2.67 bits per heavy atom. The fraction of sp³-hybridized carbons (Fsp3) is 0.286. The van der Waals surface area contributed by atoms with E-state index >= 15 is 0 Å². The van der Waals surface area contributed by atoms with Crippen molar-refractivity contribution in [3.05, 3.63) is 35.9 Å². The molecule has 0 heterocycles. The highest BCUT2D eigenvalue weighted by molar-refractivity contribution is 5.97. The molecule has 0 saturated carbocycles. The van der Waals surface area contributed by atoms with Crippen molar-refractivity contribution >= 4 is 17.2 Å². The standard InChI is InChI=1S/C14H16N2O2/c1-4-18-14(17)9-11(10-15)12-7-5-6-8-13(12)16(2)3/h5-9H,4H2,1-3H3. The van der Waals surface area contributed by atoms with Crippen molar-refractivity contribution in [1.82, 2.24) is 0 Å². The first-order valence-electron chi connectivity index (χ1n) is 5.65. The molecule has 0 saturated heterocycles. The van der Waals surface area contributed by atoms with E-state index in [0.717, 1.165) is 11.3 Å². The van der Waals surface area contributed by atoms with Crippen LogP contribution in [0.3, 0.4) is 0 Å². The van der Waals surface area contributed by atoms with Crippen LogP contribution in [-0.4, -0.2) is 26.7 Å². The molecule has 0 spiro atoms. The zero-order valence-electron chi connectivity index (χ0n) is 10.8. The molecule has 0 radical (unpaired) electrons. The zero-order valence-corrected chi connectivity index (χ0v) is 10.8. The molecule has 0 atom stereocenters. The van der Waals surface area contributed by atoms with Gasteiger partial charge in [-0.15, -0.1) is 0 Å². The molecule has 0 fully saturated rings. The van der Waals surface area contributed by atoms with Crippen LogP contribution in [0.1, 0.15) is 12.5 Å². The molecule has 18 heavy (non-hydrogen) atoms. The van der Waals surface area contributed by atoms with Crippen molar-refractivity contribution in [2.75, 3.05) is 25.6 Å². The smallest absolute Gasteiger partial charge is 0.332 e. The highest BCUT2D eigenvalue weighted by Crippen LogP contribution is 2.25. The molecule has 4 nitrogen and oxygen atoms in total. The monoisotopic (exact) mass is 244 g/mol. The molecule has 1 aromatic carbocycles. The first-order valence-corrected chi connectivity index (χ1v) is 5.65. The van der Waals surface area contributed by atoms with Crippen LogP contribution in [0.4, 0.5) is 5.69 Å². The van der Waals surface area contributed by atoms with E-state index in [1.165, 1.54) is 6.08 Å². The minimum Gasteiger partial charge on any atom is -0.463 e. The number of anilines is 1. The Labute approximate surface area is 107 Å². The molecule has 0 aliphatic rings. The quantitative estimate of drug-likeness (QED) is 0.463. The molecule has 94 valence electrons. The molecule has 0 bridgehead atoms. The van der Waals surface area contributed by atoms with E-state index in [1.807, 2.05) is 49.3 Å². The van der Waals surface area contributed by atoms with Crippen LogP contribution in [0.15, 0.2) is 30.3 Å². The number of nitriles is 1. The zero-order chi connectivity index (χ0) is 13.5. The van der Waals surface area contributed by atoms with Crippen molar-refractivity contribution in [2.24, 2.45) is 0 Å². The van der Waals surface area contributed by atoms with Gasteiger partial charge in [-0.25, -0.2) is 4.79 Å². The molecule has 1 rings (SSSR count). The third-order valence-corrected chi connectivity index (χ3v) is 2.35. The van der Waals surface area contributed by atoms with Crippen molar-refractivity contribution in [3.63, 3.8) is 0 Å². The van der Waals surface area contributed by atoms with Gasteiger partial charge >= 0.3 is 5.97 Å². The van der Waals surface area contributed by atoms with Crippen LogP contribution >= 0.6 is 0 Å². The number of hydrogen-bond donors (Lipinski definition) is 0. The minimum atomic E-state index is -0.498. The van der Waals surface area contributed by atoms with E-state index in [4.69, 9.17) is 10.00 Å². The van der Waals surface area contributed by atoms with Gasteiger partial charge in [0.15, 0.2) is 0 Å². The van der Waals surface area contributed by atoms with E-state index in [9.17, 15) is 4.79 Å². The molecule has 0 N–H and O–H groups in total. The predicted octanol–water partition coefficient (Wildman–Crippen LogP) is 2.22. The Bertz CT molecular complexity index is 499. The summed E-state index contributed by atoms with van der Waals surface area (Å²) in [4.78, 5) is 13.3. The number of carbonyl (C=O) groups excluding carboxylic acids is 1. The number of carbonyl (C=O) groups is 1. The number of nitrogens with zero attached hydrogens (tertiary/aromatic N) is 2. The summed E-state index contributed by atoms with van der Waals surface area (Å²) in [5, 5.41) is 9.16. The molecule has 0 unspecified atom stereocenters. The lowest BCUT2D eigenvalue weighted by molar-refractivity contribution is -0.137.